The van der Waals surface area contributed by atoms with E-state index in [1.165, 1.54) is 0 Å². The average Bonchev–Trinajstić information content (AvgIpc) is 2.70. The molecule has 0 amide bonds. The highest BCUT2D eigenvalue weighted by Gasteiger charge is 1.98. The molecule has 0 saturated carbocycles. The molecule has 0 aliphatic heterocycles. The third kappa shape index (κ3) is 4.44. The van der Waals surface area contributed by atoms with E-state index < -0.39 is 0 Å². The smallest absolute Gasteiger partial charge is 0.108 e. The molecular formula is C11H20N2O2. The maximum absolute atomic E-state index is 5.39. The van der Waals surface area contributed by atoms with Gasteiger partial charge in [-0.15, -0.1) is 0 Å². The van der Waals surface area contributed by atoms with E-state index in [4.69, 9.17) is 9.47 Å². The summed E-state index contributed by atoms with van der Waals surface area (Å²) in [6, 6.07) is 0. The van der Waals surface area contributed by atoms with Crippen LogP contribution in [-0.4, -0.2) is 36.5 Å². The fourth-order valence-corrected chi connectivity index (χ4v) is 1.44. The number of aromatic nitrogens is 2. The van der Waals surface area contributed by atoms with Crippen molar-refractivity contribution in [3.63, 3.8) is 0 Å². The van der Waals surface area contributed by atoms with Gasteiger partial charge in [0.15, 0.2) is 0 Å². The molecule has 86 valence electrons. The van der Waals surface area contributed by atoms with Crippen molar-refractivity contribution in [1.29, 1.82) is 0 Å². The zero-order chi connectivity index (χ0) is 10.9. The first-order valence-electron chi connectivity index (χ1n) is 5.45. The van der Waals surface area contributed by atoms with Crippen LogP contribution in [0.4, 0.5) is 0 Å². The molecule has 1 heterocycles. The molecule has 0 bridgehead atoms. The van der Waals surface area contributed by atoms with Gasteiger partial charge >= 0.3 is 0 Å². The van der Waals surface area contributed by atoms with Crippen LogP contribution in [0.25, 0.3) is 0 Å². The Labute approximate surface area is 91.2 Å². The van der Waals surface area contributed by atoms with Crippen molar-refractivity contribution < 1.29 is 9.47 Å². The third-order valence-corrected chi connectivity index (χ3v) is 2.24. The Balaban J connectivity index is 2.09. The maximum Gasteiger partial charge on any atom is 0.108 e. The topological polar surface area (TPSA) is 36.3 Å². The third-order valence-electron chi connectivity index (χ3n) is 2.24. The SMILES string of the molecule is CCc1nccn1CCCOCCOC. The van der Waals surface area contributed by atoms with Crippen molar-refractivity contribution in [2.24, 2.45) is 0 Å². The molecule has 0 atom stereocenters. The molecule has 0 aliphatic carbocycles. The molecule has 0 saturated heterocycles. The number of hydrogen-bond donors (Lipinski definition) is 0. The predicted octanol–water partition coefficient (Wildman–Crippen LogP) is 1.50. The molecule has 0 fully saturated rings. The molecule has 4 nitrogen and oxygen atoms in total. The zero-order valence-corrected chi connectivity index (χ0v) is 9.61. The van der Waals surface area contributed by atoms with Crippen LogP contribution in [0.1, 0.15) is 19.2 Å². The second-order valence-electron chi connectivity index (χ2n) is 3.35. The Morgan fingerprint density at radius 3 is 2.93 bits per heavy atom. The summed E-state index contributed by atoms with van der Waals surface area (Å²) in [5.74, 6) is 1.15. The summed E-state index contributed by atoms with van der Waals surface area (Å²) in [5.41, 5.74) is 0. The minimum Gasteiger partial charge on any atom is -0.382 e. The summed E-state index contributed by atoms with van der Waals surface area (Å²) >= 11 is 0. The summed E-state index contributed by atoms with van der Waals surface area (Å²) in [4.78, 5) is 4.27. The molecule has 1 rings (SSSR count). The fourth-order valence-electron chi connectivity index (χ4n) is 1.44. The number of imidazole rings is 1. The number of hydrogen-bond acceptors (Lipinski definition) is 3. The maximum atomic E-state index is 5.39. The number of methoxy groups -OCH3 is 1. The van der Waals surface area contributed by atoms with E-state index in [-0.39, 0.29) is 0 Å². The van der Waals surface area contributed by atoms with Gasteiger partial charge < -0.3 is 14.0 Å². The molecule has 0 aliphatic rings. The number of rotatable bonds is 8. The van der Waals surface area contributed by atoms with Crippen molar-refractivity contribution in [2.75, 3.05) is 26.9 Å². The van der Waals surface area contributed by atoms with Crippen LogP contribution in [0.5, 0.6) is 0 Å². The number of nitrogens with zero attached hydrogens (tertiary/aromatic N) is 2. The van der Waals surface area contributed by atoms with Gasteiger partial charge in [-0.05, 0) is 6.42 Å². The van der Waals surface area contributed by atoms with E-state index in [1.807, 2.05) is 12.4 Å². The monoisotopic (exact) mass is 212 g/mol. The Bertz CT molecular complexity index is 261. The summed E-state index contributed by atoms with van der Waals surface area (Å²) in [6.45, 7) is 5.24. The molecule has 0 N–H and O–H groups in total. The summed E-state index contributed by atoms with van der Waals surface area (Å²) in [7, 11) is 1.68. The summed E-state index contributed by atoms with van der Waals surface area (Å²) < 4.78 is 12.5. The first-order valence-corrected chi connectivity index (χ1v) is 5.45. The Kier molecular flexibility index (Phi) is 6.04. The van der Waals surface area contributed by atoms with Crippen LogP contribution in [0.3, 0.4) is 0 Å². The molecule has 0 aromatic carbocycles. The van der Waals surface area contributed by atoms with E-state index in [1.54, 1.807) is 7.11 Å². The van der Waals surface area contributed by atoms with Gasteiger partial charge in [0.2, 0.25) is 0 Å². The minimum atomic E-state index is 0.672. The van der Waals surface area contributed by atoms with E-state index in [0.29, 0.717) is 13.2 Å². The van der Waals surface area contributed by atoms with Gasteiger partial charge in [-0.2, -0.15) is 0 Å². The van der Waals surface area contributed by atoms with Crippen molar-refractivity contribution >= 4 is 0 Å². The molecule has 0 spiro atoms. The number of aryl methyl sites for hydroxylation is 2. The molecule has 15 heavy (non-hydrogen) atoms. The minimum absolute atomic E-state index is 0.672. The van der Waals surface area contributed by atoms with Gasteiger partial charge in [-0.1, -0.05) is 6.92 Å². The van der Waals surface area contributed by atoms with Crippen molar-refractivity contribution in [2.45, 2.75) is 26.3 Å². The second kappa shape index (κ2) is 7.43. The lowest BCUT2D eigenvalue weighted by atomic mass is 10.4. The zero-order valence-electron chi connectivity index (χ0n) is 9.61. The van der Waals surface area contributed by atoms with Gasteiger partial charge in [0, 0.05) is 39.1 Å². The second-order valence-corrected chi connectivity index (χ2v) is 3.35. The lowest BCUT2D eigenvalue weighted by Crippen LogP contribution is -2.07. The standard InChI is InChI=1S/C11H20N2O2/c1-3-11-12-5-7-13(11)6-4-8-15-10-9-14-2/h5,7H,3-4,6,8-10H2,1-2H3. The highest BCUT2D eigenvalue weighted by Crippen LogP contribution is 2.00. The largest absolute Gasteiger partial charge is 0.382 e. The van der Waals surface area contributed by atoms with Crippen LogP contribution >= 0.6 is 0 Å². The van der Waals surface area contributed by atoms with Crippen molar-refractivity contribution in [3.05, 3.63) is 18.2 Å². The lowest BCUT2D eigenvalue weighted by molar-refractivity contribution is 0.0679. The van der Waals surface area contributed by atoms with E-state index in [9.17, 15) is 0 Å². The van der Waals surface area contributed by atoms with Crippen molar-refractivity contribution in [1.82, 2.24) is 9.55 Å². The number of ether oxygens (including phenoxy) is 2. The predicted molar refractivity (Wildman–Crippen MR) is 58.9 cm³/mol. The Morgan fingerprint density at radius 1 is 1.33 bits per heavy atom. The van der Waals surface area contributed by atoms with Crippen LogP contribution in [0.15, 0.2) is 12.4 Å². The summed E-state index contributed by atoms with van der Waals surface area (Å²) in [5, 5.41) is 0. The fraction of sp³-hybridized carbons (Fsp3) is 0.727. The van der Waals surface area contributed by atoms with E-state index in [0.717, 1.165) is 31.8 Å². The summed E-state index contributed by atoms with van der Waals surface area (Å²) in [6.07, 6.45) is 5.88. The highest BCUT2D eigenvalue weighted by molar-refractivity contribution is 4.91. The highest BCUT2D eigenvalue weighted by atomic mass is 16.5. The Hall–Kier alpha value is -0.870. The van der Waals surface area contributed by atoms with Crippen LogP contribution in [0, 0.1) is 0 Å². The van der Waals surface area contributed by atoms with Crippen LogP contribution in [-0.2, 0) is 22.4 Å². The first kappa shape index (κ1) is 12.2. The normalized spacial score (nSPS) is 10.8. The molecule has 0 unspecified atom stereocenters. The van der Waals surface area contributed by atoms with E-state index in [2.05, 4.69) is 16.5 Å². The quantitative estimate of drug-likeness (QED) is 0.613. The molecular weight excluding hydrogens is 192 g/mol. The van der Waals surface area contributed by atoms with Gasteiger partial charge in [-0.25, -0.2) is 4.98 Å². The van der Waals surface area contributed by atoms with E-state index >= 15 is 0 Å². The van der Waals surface area contributed by atoms with Crippen molar-refractivity contribution in [3.8, 4) is 0 Å². The van der Waals surface area contributed by atoms with Gasteiger partial charge in [0.05, 0.1) is 13.2 Å². The molecule has 0 radical (unpaired) electrons. The first-order chi connectivity index (χ1) is 7.38. The van der Waals surface area contributed by atoms with Gasteiger partial charge in [0.25, 0.3) is 0 Å². The Morgan fingerprint density at radius 2 is 2.20 bits per heavy atom. The van der Waals surface area contributed by atoms with Gasteiger partial charge in [0.1, 0.15) is 5.82 Å². The van der Waals surface area contributed by atoms with Crippen LogP contribution in [0.2, 0.25) is 0 Å². The lowest BCUT2D eigenvalue weighted by Gasteiger charge is -2.06. The van der Waals surface area contributed by atoms with Gasteiger partial charge in [-0.3, -0.25) is 0 Å². The molecule has 1 aromatic rings. The van der Waals surface area contributed by atoms with Crippen LogP contribution < -0.4 is 0 Å². The average molecular weight is 212 g/mol. The molecule has 4 heteroatoms. The molecule has 1 aromatic heterocycles.